The number of nitrogens with one attached hydrogen (secondary N) is 1. The highest BCUT2D eigenvalue weighted by atomic mass is 14.9. The Labute approximate surface area is 121 Å². The lowest BCUT2D eigenvalue weighted by atomic mass is 10.0. The van der Waals surface area contributed by atoms with Crippen molar-refractivity contribution < 1.29 is 0 Å². The minimum Gasteiger partial charge on any atom is -0.399 e. The molecule has 2 aromatic carbocycles. The molecule has 0 aliphatic heterocycles. The molecule has 0 saturated carbocycles. The van der Waals surface area contributed by atoms with Crippen LogP contribution in [0.1, 0.15) is 5.56 Å². The van der Waals surface area contributed by atoms with Gasteiger partial charge < -0.3 is 10.7 Å². The number of aryl methyl sites for hydroxylation is 1. The van der Waals surface area contributed by atoms with Gasteiger partial charge in [-0.25, -0.2) is 9.97 Å². The van der Waals surface area contributed by atoms with Gasteiger partial charge in [0.25, 0.3) is 0 Å². The second-order valence-electron chi connectivity index (χ2n) is 5.25. The minimum absolute atomic E-state index is 0.732. The lowest BCUT2D eigenvalue weighted by molar-refractivity contribution is 1.21. The van der Waals surface area contributed by atoms with Crippen molar-refractivity contribution in [3.63, 3.8) is 0 Å². The molecule has 0 amide bonds. The minimum atomic E-state index is 0.732. The number of nitrogen functional groups attached to an aromatic ring is 1. The summed E-state index contributed by atoms with van der Waals surface area (Å²) in [5, 5.41) is 2.19. The summed E-state index contributed by atoms with van der Waals surface area (Å²) in [6, 6.07) is 14.1. The summed E-state index contributed by atoms with van der Waals surface area (Å²) >= 11 is 0. The molecule has 21 heavy (non-hydrogen) atoms. The van der Waals surface area contributed by atoms with E-state index in [0.29, 0.717) is 0 Å². The van der Waals surface area contributed by atoms with E-state index in [1.165, 1.54) is 5.56 Å². The smallest absolute Gasteiger partial charge is 0.142 e. The number of aromatic nitrogens is 3. The van der Waals surface area contributed by atoms with Gasteiger partial charge in [-0.3, -0.25) is 0 Å². The van der Waals surface area contributed by atoms with Crippen LogP contribution in [0.25, 0.3) is 33.2 Å². The summed E-state index contributed by atoms with van der Waals surface area (Å²) in [5.41, 5.74) is 11.7. The molecule has 4 nitrogen and oxygen atoms in total. The van der Waals surface area contributed by atoms with E-state index >= 15 is 0 Å². The molecule has 4 aromatic rings. The number of H-pyrrole nitrogens is 1. The fourth-order valence-electron chi connectivity index (χ4n) is 2.74. The van der Waals surface area contributed by atoms with Crippen molar-refractivity contribution in [1.29, 1.82) is 0 Å². The highest BCUT2D eigenvalue weighted by Gasteiger charge is 2.12. The second kappa shape index (κ2) is 4.31. The van der Waals surface area contributed by atoms with Gasteiger partial charge in [-0.2, -0.15) is 0 Å². The molecular weight excluding hydrogens is 260 g/mol. The fraction of sp³-hybridized carbons (Fsp3) is 0.0588. The molecule has 0 radical (unpaired) electrons. The largest absolute Gasteiger partial charge is 0.399 e. The van der Waals surface area contributed by atoms with Crippen LogP contribution in [-0.4, -0.2) is 15.0 Å². The maximum Gasteiger partial charge on any atom is 0.142 e. The predicted molar refractivity (Wildman–Crippen MR) is 86.0 cm³/mol. The quantitative estimate of drug-likeness (QED) is 0.520. The van der Waals surface area contributed by atoms with Crippen LogP contribution >= 0.6 is 0 Å². The number of fused-ring (bicyclic) bond motifs is 3. The number of hydrogen-bond acceptors (Lipinski definition) is 3. The zero-order valence-electron chi connectivity index (χ0n) is 11.6. The zero-order valence-corrected chi connectivity index (χ0v) is 11.6. The van der Waals surface area contributed by atoms with Crippen molar-refractivity contribution in [3.8, 4) is 11.3 Å². The van der Waals surface area contributed by atoms with E-state index in [2.05, 4.69) is 40.1 Å². The van der Waals surface area contributed by atoms with Crippen LogP contribution < -0.4 is 5.73 Å². The van der Waals surface area contributed by atoms with Gasteiger partial charge in [0.2, 0.25) is 0 Å². The maximum atomic E-state index is 5.90. The summed E-state index contributed by atoms with van der Waals surface area (Å²) in [5.74, 6) is 0. The van der Waals surface area contributed by atoms with E-state index in [1.54, 1.807) is 6.33 Å². The van der Waals surface area contributed by atoms with Crippen molar-refractivity contribution in [3.05, 3.63) is 54.4 Å². The molecule has 0 aliphatic carbocycles. The molecule has 0 atom stereocenters. The van der Waals surface area contributed by atoms with Crippen LogP contribution in [0.4, 0.5) is 5.69 Å². The lowest BCUT2D eigenvalue weighted by Gasteiger charge is -2.04. The molecule has 0 bridgehead atoms. The molecule has 0 spiro atoms. The molecule has 0 fully saturated rings. The average molecular weight is 274 g/mol. The first-order chi connectivity index (χ1) is 10.2. The van der Waals surface area contributed by atoms with Crippen molar-refractivity contribution in [2.24, 2.45) is 0 Å². The molecule has 2 aromatic heterocycles. The van der Waals surface area contributed by atoms with Gasteiger partial charge in [0.15, 0.2) is 0 Å². The van der Waals surface area contributed by atoms with Gasteiger partial charge in [-0.05, 0) is 31.2 Å². The van der Waals surface area contributed by atoms with Crippen molar-refractivity contribution >= 4 is 27.6 Å². The third kappa shape index (κ3) is 1.84. The number of nitrogens with zero attached hydrogens (tertiary/aromatic N) is 2. The van der Waals surface area contributed by atoms with Gasteiger partial charge in [-0.1, -0.05) is 23.8 Å². The highest BCUT2D eigenvalue weighted by molar-refractivity contribution is 6.12. The topological polar surface area (TPSA) is 67.6 Å². The van der Waals surface area contributed by atoms with E-state index in [0.717, 1.165) is 38.9 Å². The van der Waals surface area contributed by atoms with Crippen LogP contribution in [0.2, 0.25) is 0 Å². The summed E-state index contributed by atoms with van der Waals surface area (Å²) in [4.78, 5) is 12.2. The number of benzene rings is 2. The Kier molecular flexibility index (Phi) is 2.44. The van der Waals surface area contributed by atoms with Crippen LogP contribution in [-0.2, 0) is 0 Å². The molecule has 0 saturated heterocycles. The molecule has 3 N–H and O–H groups in total. The number of rotatable bonds is 1. The molecular formula is C17H14N4. The highest BCUT2D eigenvalue weighted by Crippen LogP contribution is 2.32. The summed E-state index contributed by atoms with van der Waals surface area (Å²) < 4.78 is 0. The Hall–Kier alpha value is -2.88. The third-order valence-corrected chi connectivity index (χ3v) is 3.70. The fourth-order valence-corrected chi connectivity index (χ4v) is 2.74. The SMILES string of the molecule is Cc1ccc2[nH]c3ncnc(-c4cccc(N)c4)c3c2c1. The lowest BCUT2D eigenvalue weighted by Crippen LogP contribution is -1.89. The first-order valence-corrected chi connectivity index (χ1v) is 6.81. The van der Waals surface area contributed by atoms with E-state index in [1.807, 2.05) is 24.3 Å². The van der Waals surface area contributed by atoms with Crippen molar-refractivity contribution in [2.45, 2.75) is 6.92 Å². The van der Waals surface area contributed by atoms with Gasteiger partial charge >= 0.3 is 0 Å². The molecule has 4 rings (SSSR count). The van der Waals surface area contributed by atoms with Crippen LogP contribution in [0.5, 0.6) is 0 Å². The van der Waals surface area contributed by atoms with E-state index in [4.69, 9.17) is 5.73 Å². The van der Waals surface area contributed by atoms with E-state index < -0.39 is 0 Å². The van der Waals surface area contributed by atoms with Crippen LogP contribution in [0.3, 0.4) is 0 Å². The second-order valence-corrected chi connectivity index (χ2v) is 5.25. The van der Waals surface area contributed by atoms with E-state index in [-0.39, 0.29) is 0 Å². The summed E-state index contributed by atoms with van der Waals surface area (Å²) in [6.07, 6.45) is 1.59. The molecule has 0 aliphatic rings. The molecule has 102 valence electrons. The Morgan fingerprint density at radius 1 is 1.05 bits per heavy atom. The number of aromatic amines is 1. The first-order valence-electron chi connectivity index (χ1n) is 6.81. The van der Waals surface area contributed by atoms with Gasteiger partial charge in [0, 0.05) is 22.2 Å². The van der Waals surface area contributed by atoms with Crippen LogP contribution in [0, 0.1) is 6.92 Å². The van der Waals surface area contributed by atoms with Crippen LogP contribution in [0.15, 0.2) is 48.8 Å². The Morgan fingerprint density at radius 2 is 1.95 bits per heavy atom. The number of anilines is 1. The summed E-state index contributed by atoms with van der Waals surface area (Å²) in [6.45, 7) is 2.09. The number of nitrogens with two attached hydrogens (primary N) is 1. The normalized spacial score (nSPS) is 11.3. The standard InChI is InChI=1S/C17H14N4/c1-10-5-6-14-13(7-10)15-16(19-9-20-17(15)21-14)11-3-2-4-12(18)8-11/h2-9H,18H2,1H3,(H,19,20,21). The van der Waals surface area contributed by atoms with Gasteiger partial charge in [-0.15, -0.1) is 0 Å². The Balaban J connectivity index is 2.14. The van der Waals surface area contributed by atoms with Gasteiger partial charge in [0.05, 0.1) is 11.1 Å². The molecule has 4 heteroatoms. The third-order valence-electron chi connectivity index (χ3n) is 3.70. The Morgan fingerprint density at radius 3 is 2.81 bits per heavy atom. The Bertz CT molecular complexity index is 969. The van der Waals surface area contributed by atoms with E-state index in [9.17, 15) is 0 Å². The average Bonchev–Trinajstić information content (AvgIpc) is 2.85. The van der Waals surface area contributed by atoms with Crippen molar-refractivity contribution in [2.75, 3.05) is 5.73 Å². The van der Waals surface area contributed by atoms with Gasteiger partial charge in [0.1, 0.15) is 12.0 Å². The molecule has 2 heterocycles. The molecule has 0 unspecified atom stereocenters. The predicted octanol–water partition coefficient (Wildman–Crippen LogP) is 3.67. The maximum absolute atomic E-state index is 5.90. The van der Waals surface area contributed by atoms with Crippen molar-refractivity contribution in [1.82, 2.24) is 15.0 Å². The monoisotopic (exact) mass is 274 g/mol. The zero-order chi connectivity index (χ0) is 14.4. The first kappa shape index (κ1) is 11.9. The summed E-state index contributed by atoms with van der Waals surface area (Å²) in [7, 11) is 0. The number of hydrogen-bond donors (Lipinski definition) is 2.